The van der Waals surface area contributed by atoms with Crippen molar-refractivity contribution in [2.24, 2.45) is 0 Å². The molecular formula is C28H31Cl2N5O4S2. The molecule has 0 aliphatic carbocycles. The molecule has 2 N–H and O–H groups in total. The van der Waals surface area contributed by atoms with Crippen LogP contribution in [0.5, 0.6) is 5.75 Å². The summed E-state index contributed by atoms with van der Waals surface area (Å²) in [4.78, 5) is 22.2. The third-order valence-corrected chi connectivity index (χ3v) is 9.27. The molecule has 13 heteroatoms. The van der Waals surface area contributed by atoms with E-state index in [0.717, 1.165) is 53.8 Å². The molecule has 0 spiro atoms. The molecule has 0 bridgehead atoms. The molecule has 1 aliphatic heterocycles. The second kappa shape index (κ2) is 13.7. The van der Waals surface area contributed by atoms with Gasteiger partial charge in [0.1, 0.15) is 5.75 Å². The van der Waals surface area contributed by atoms with Gasteiger partial charge >= 0.3 is 0 Å². The highest BCUT2D eigenvalue weighted by atomic mass is 35.5. The van der Waals surface area contributed by atoms with Gasteiger partial charge in [0, 0.05) is 55.5 Å². The summed E-state index contributed by atoms with van der Waals surface area (Å²) in [5.41, 5.74) is 1.82. The van der Waals surface area contributed by atoms with Crippen molar-refractivity contribution in [2.45, 2.75) is 11.8 Å². The number of anilines is 2. The summed E-state index contributed by atoms with van der Waals surface area (Å²) in [6, 6.07) is 18.3. The van der Waals surface area contributed by atoms with Crippen LogP contribution in [0.3, 0.4) is 0 Å². The Kier molecular flexibility index (Phi) is 10.3. The predicted octanol–water partition coefficient (Wildman–Crippen LogP) is 5.12. The monoisotopic (exact) mass is 635 g/mol. The van der Waals surface area contributed by atoms with E-state index in [0.29, 0.717) is 29.4 Å². The van der Waals surface area contributed by atoms with Gasteiger partial charge in [0.15, 0.2) is 5.13 Å². The number of nitrogens with zero attached hydrogens (tertiary/aromatic N) is 3. The van der Waals surface area contributed by atoms with Gasteiger partial charge in [0.25, 0.3) is 15.9 Å². The fourth-order valence-electron chi connectivity index (χ4n) is 4.39. The molecule has 3 aromatic carbocycles. The summed E-state index contributed by atoms with van der Waals surface area (Å²) in [7, 11) is -3.75. The van der Waals surface area contributed by atoms with Crippen molar-refractivity contribution in [3.8, 4) is 5.75 Å². The van der Waals surface area contributed by atoms with E-state index in [1.54, 1.807) is 35.6 Å². The number of halogens is 2. The van der Waals surface area contributed by atoms with Crippen molar-refractivity contribution in [3.63, 3.8) is 0 Å². The second-order valence-corrected chi connectivity index (χ2v) is 12.4. The summed E-state index contributed by atoms with van der Waals surface area (Å²) in [6.45, 7) is 7.41. The zero-order valence-corrected chi connectivity index (χ0v) is 25.6. The van der Waals surface area contributed by atoms with Crippen LogP contribution in [-0.2, 0) is 10.0 Å². The Morgan fingerprint density at radius 3 is 2.41 bits per heavy atom. The van der Waals surface area contributed by atoms with Gasteiger partial charge in [-0.15, -0.1) is 12.4 Å². The van der Waals surface area contributed by atoms with Crippen LogP contribution in [0.2, 0.25) is 5.02 Å². The number of piperazine rings is 1. The van der Waals surface area contributed by atoms with Gasteiger partial charge in [0.2, 0.25) is 0 Å². The third-order valence-electron chi connectivity index (χ3n) is 6.54. The lowest BCUT2D eigenvalue weighted by molar-refractivity contribution is 0.0948. The van der Waals surface area contributed by atoms with Crippen LogP contribution in [0.4, 0.5) is 10.8 Å². The maximum atomic E-state index is 12.6. The number of amides is 1. The molecule has 0 atom stereocenters. The van der Waals surface area contributed by atoms with E-state index in [4.69, 9.17) is 21.3 Å². The molecular weight excluding hydrogens is 605 g/mol. The number of carbonyl (C=O) groups is 1. The highest BCUT2D eigenvalue weighted by Gasteiger charge is 2.20. The molecule has 1 saturated heterocycles. The molecule has 218 valence electrons. The van der Waals surface area contributed by atoms with Gasteiger partial charge in [0.05, 0.1) is 21.7 Å². The Hall–Kier alpha value is -3.09. The number of nitrogens with one attached hydrogen (secondary N) is 2. The number of ether oxygens (including phenoxy) is 1. The van der Waals surface area contributed by atoms with Crippen molar-refractivity contribution < 1.29 is 17.9 Å². The molecule has 41 heavy (non-hydrogen) atoms. The second-order valence-electron chi connectivity index (χ2n) is 9.28. The fraction of sp³-hybridized carbons (Fsp3) is 0.286. The van der Waals surface area contributed by atoms with Crippen molar-refractivity contribution in [1.82, 2.24) is 15.2 Å². The normalized spacial score (nSPS) is 14.0. The van der Waals surface area contributed by atoms with Crippen LogP contribution in [0, 0.1) is 0 Å². The molecule has 1 aromatic heterocycles. The molecule has 2 heterocycles. The van der Waals surface area contributed by atoms with E-state index in [1.807, 2.05) is 25.1 Å². The highest BCUT2D eigenvalue weighted by Crippen LogP contribution is 2.32. The summed E-state index contributed by atoms with van der Waals surface area (Å²) >= 11 is 7.52. The van der Waals surface area contributed by atoms with Crippen molar-refractivity contribution >= 4 is 72.3 Å². The molecule has 1 amide bonds. The first-order chi connectivity index (χ1) is 19.3. The Labute approximate surface area is 254 Å². The zero-order chi connectivity index (χ0) is 28.1. The quantitative estimate of drug-likeness (QED) is 0.249. The first kappa shape index (κ1) is 30.9. The topological polar surface area (TPSA) is 104 Å². The van der Waals surface area contributed by atoms with Crippen LogP contribution < -0.4 is 19.7 Å². The first-order valence-electron chi connectivity index (χ1n) is 13.0. The molecule has 0 unspecified atom stereocenters. The van der Waals surface area contributed by atoms with E-state index in [-0.39, 0.29) is 23.2 Å². The van der Waals surface area contributed by atoms with Crippen molar-refractivity contribution in [2.75, 3.05) is 55.5 Å². The summed E-state index contributed by atoms with van der Waals surface area (Å²) in [6.07, 6.45) is 0. The van der Waals surface area contributed by atoms with Gasteiger partial charge in [-0.05, 0) is 73.7 Å². The smallest absolute Gasteiger partial charge is 0.261 e. The summed E-state index contributed by atoms with van der Waals surface area (Å²) in [5, 5.41) is 4.43. The van der Waals surface area contributed by atoms with Crippen LogP contribution in [0.15, 0.2) is 71.6 Å². The number of rotatable bonds is 10. The third kappa shape index (κ3) is 7.81. The molecule has 1 aliphatic rings. The maximum Gasteiger partial charge on any atom is 0.261 e. The number of thiazole rings is 1. The fourth-order valence-corrected chi connectivity index (χ4v) is 6.62. The zero-order valence-electron chi connectivity index (χ0n) is 22.4. The van der Waals surface area contributed by atoms with E-state index in [9.17, 15) is 13.2 Å². The van der Waals surface area contributed by atoms with Crippen LogP contribution >= 0.6 is 35.3 Å². The molecule has 0 radical (unpaired) electrons. The number of carbonyl (C=O) groups excluding carboxylic acids is 1. The largest absolute Gasteiger partial charge is 0.494 e. The highest BCUT2D eigenvalue weighted by molar-refractivity contribution is 7.92. The molecule has 1 fully saturated rings. The number of aromatic nitrogens is 1. The van der Waals surface area contributed by atoms with Gasteiger partial charge in [-0.2, -0.15) is 0 Å². The number of hydrogen-bond donors (Lipinski definition) is 2. The average molecular weight is 637 g/mol. The number of sulfonamides is 1. The van der Waals surface area contributed by atoms with Gasteiger partial charge in [-0.3, -0.25) is 14.4 Å². The van der Waals surface area contributed by atoms with Crippen LogP contribution in [-0.4, -0.2) is 70.1 Å². The lowest BCUT2D eigenvalue weighted by Crippen LogP contribution is -2.48. The number of benzene rings is 3. The number of fused-ring (bicyclic) bond motifs is 1. The minimum Gasteiger partial charge on any atom is -0.494 e. The van der Waals surface area contributed by atoms with Crippen molar-refractivity contribution in [1.29, 1.82) is 0 Å². The van der Waals surface area contributed by atoms with Gasteiger partial charge < -0.3 is 15.0 Å². The van der Waals surface area contributed by atoms with E-state index < -0.39 is 10.0 Å². The lowest BCUT2D eigenvalue weighted by Gasteiger charge is -2.34. The van der Waals surface area contributed by atoms with E-state index >= 15 is 0 Å². The van der Waals surface area contributed by atoms with Crippen LogP contribution in [0.1, 0.15) is 17.3 Å². The SMILES string of the molecule is CCOc1ccc2nc(N3CCN(CCNC(=O)c4ccc(NS(=O)(=O)c5ccc(Cl)cc5)cc4)CC3)sc2c1.Cl. The molecule has 4 aromatic rings. The Balaban J connectivity index is 0.00000387. The van der Waals surface area contributed by atoms with E-state index in [2.05, 4.69) is 19.8 Å². The lowest BCUT2D eigenvalue weighted by atomic mass is 10.2. The molecule has 5 rings (SSSR count). The van der Waals surface area contributed by atoms with Crippen LogP contribution in [0.25, 0.3) is 10.2 Å². The standard InChI is InChI=1S/C28H30ClN5O4S2.ClH/c1-2-38-23-9-12-25-26(19-23)39-28(31-25)34-17-15-33(16-18-34)14-13-30-27(35)20-3-7-22(8-4-20)32-40(36,37)24-10-5-21(29)6-11-24;/h3-12,19,32H,2,13-18H2,1H3,(H,30,35);1H. The Bertz CT molecular complexity index is 1570. The first-order valence-corrected chi connectivity index (χ1v) is 15.7. The van der Waals surface area contributed by atoms with Gasteiger partial charge in [-0.25, -0.2) is 13.4 Å². The summed E-state index contributed by atoms with van der Waals surface area (Å²) < 4.78 is 34.3. The van der Waals surface area contributed by atoms with Gasteiger partial charge in [-0.1, -0.05) is 22.9 Å². The summed E-state index contributed by atoms with van der Waals surface area (Å²) in [5.74, 6) is 0.665. The Morgan fingerprint density at radius 2 is 1.73 bits per heavy atom. The Morgan fingerprint density at radius 1 is 1.02 bits per heavy atom. The number of hydrogen-bond acceptors (Lipinski definition) is 8. The van der Waals surface area contributed by atoms with E-state index in [1.165, 1.54) is 24.3 Å². The van der Waals surface area contributed by atoms with Crippen molar-refractivity contribution in [3.05, 3.63) is 77.3 Å². The maximum absolute atomic E-state index is 12.6. The minimum atomic E-state index is -3.75. The molecule has 0 saturated carbocycles. The average Bonchev–Trinajstić information content (AvgIpc) is 3.37. The minimum absolute atomic E-state index is 0. The molecule has 9 nitrogen and oxygen atoms in total. The predicted molar refractivity (Wildman–Crippen MR) is 168 cm³/mol.